The van der Waals surface area contributed by atoms with E-state index in [2.05, 4.69) is 20.8 Å². The van der Waals surface area contributed by atoms with Gasteiger partial charge >= 0.3 is 6.03 Å². The van der Waals surface area contributed by atoms with Gasteiger partial charge in [0.05, 0.1) is 5.75 Å². The van der Waals surface area contributed by atoms with Gasteiger partial charge in [0.15, 0.2) is 5.16 Å². The van der Waals surface area contributed by atoms with E-state index >= 15 is 0 Å². The first kappa shape index (κ1) is 18.0. The number of nitrogens with one attached hydrogen (secondary N) is 2. The molecule has 2 N–H and O–H groups in total. The Hall–Kier alpha value is -2.35. The van der Waals surface area contributed by atoms with Gasteiger partial charge in [-0.05, 0) is 12.0 Å². The van der Waals surface area contributed by atoms with Crippen molar-refractivity contribution in [1.82, 2.24) is 25.4 Å². The van der Waals surface area contributed by atoms with E-state index in [1.165, 1.54) is 11.8 Å². The van der Waals surface area contributed by atoms with E-state index in [4.69, 9.17) is 0 Å². The van der Waals surface area contributed by atoms with Crippen LogP contribution in [-0.2, 0) is 18.3 Å². The lowest BCUT2D eigenvalue weighted by atomic mass is 10.1. The van der Waals surface area contributed by atoms with Gasteiger partial charge in [0.25, 0.3) is 0 Å². The van der Waals surface area contributed by atoms with E-state index in [9.17, 15) is 9.59 Å². The van der Waals surface area contributed by atoms with Crippen LogP contribution in [-0.4, -0.2) is 39.0 Å². The fraction of sp³-hybridized carbons (Fsp3) is 0.375. The summed E-state index contributed by atoms with van der Waals surface area (Å²) in [5.74, 6) is 0.572. The third-order valence-electron chi connectivity index (χ3n) is 3.25. The highest BCUT2D eigenvalue weighted by molar-refractivity contribution is 7.99. The van der Waals surface area contributed by atoms with Crippen LogP contribution in [0, 0.1) is 0 Å². The molecule has 128 valence electrons. The van der Waals surface area contributed by atoms with Crippen LogP contribution in [0.15, 0.2) is 35.5 Å². The summed E-state index contributed by atoms with van der Waals surface area (Å²) in [5.41, 5.74) is 1.15. The molecule has 0 aliphatic heterocycles. The van der Waals surface area contributed by atoms with Gasteiger partial charge in [-0.1, -0.05) is 49.0 Å². The summed E-state index contributed by atoms with van der Waals surface area (Å²) >= 11 is 1.25. The van der Waals surface area contributed by atoms with Gasteiger partial charge in [-0.2, -0.15) is 0 Å². The van der Waals surface area contributed by atoms with E-state index in [1.807, 2.05) is 48.9 Å². The summed E-state index contributed by atoms with van der Waals surface area (Å²) in [6, 6.07) is 9.53. The Morgan fingerprint density at radius 1 is 1.21 bits per heavy atom. The number of hydrogen-bond donors (Lipinski definition) is 2. The summed E-state index contributed by atoms with van der Waals surface area (Å²) in [6.45, 7) is 2.48. The summed E-state index contributed by atoms with van der Waals surface area (Å²) in [5, 5.41) is 13.8. The highest BCUT2D eigenvalue weighted by atomic mass is 32.2. The molecule has 24 heavy (non-hydrogen) atoms. The Labute approximate surface area is 145 Å². The van der Waals surface area contributed by atoms with Crippen LogP contribution in [0.4, 0.5) is 4.79 Å². The number of amides is 3. The van der Waals surface area contributed by atoms with Crippen molar-refractivity contribution >= 4 is 23.7 Å². The number of urea groups is 1. The molecule has 0 saturated carbocycles. The number of carbonyl (C=O) groups is 2. The number of hydrogen-bond acceptors (Lipinski definition) is 5. The van der Waals surface area contributed by atoms with Crippen LogP contribution >= 0.6 is 11.8 Å². The highest BCUT2D eigenvalue weighted by Gasteiger charge is 2.13. The van der Waals surface area contributed by atoms with Crippen LogP contribution in [0.2, 0.25) is 0 Å². The zero-order valence-electron chi connectivity index (χ0n) is 13.8. The normalized spacial score (nSPS) is 10.4. The zero-order chi connectivity index (χ0) is 17.4. The molecule has 8 heteroatoms. The summed E-state index contributed by atoms with van der Waals surface area (Å²) in [6.07, 6.45) is 1.50. The molecule has 0 atom stereocenters. The molecule has 7 nitrogen and oxygen atoms in total. The average Bonchev–Trinajstić information content (AvgIpc) is 2.92. The molecule has 1 aromatic carbocycles. The maximum atomic E-state index is 11.7. The standard InChI is InChI=1S/C16H21N5O2S/c1-3-9-17-15(23)18-14(22)11-24-16-20-19-13(21(16)2)10-12-7-5-4-6-8-12/h4-8H,3,9-11H2,1-2H3,(H2,17,18,22,23). The van der Waals surface area contributed by atoms with Gasteiger partial charge in [0, 0.05) is 20.0 Å². The number of rotatable bonds is 7. The van der Waals surface area contributed by atoms with Crippen LogP contribution in [0.5, 0.6) is 0 Å². The minimum atomic E-state index is -0.467. The first-order valence-electron chi connectivity index (χ1n) is 7.72. The van der Waals surface area contributed by atoms with Crippen molar-refractivity contribution in [3.8, 4) is 0 Å². The molecule has 0 saturated heterocycles. The first-order chi connectivity index (χ1) is 11.6. The summed E-state index contributed by atoms with van der Waals surface area (Å²) in [4.78, 5) is 23.2. The van der Waals surface area contributed by atoms with E-state index in [1.54, 1.807) is 0 Å². The average molecular weight is 347 g/mol. The van der Waals surface area contributed by atoms with Gasteiger partial charge < -0.3 is 9.88 Å². The molecule has 1 aromatic heterocycles. The lowest BCUT2D eigenvalue weighted by Crippen LogP contribution is -2.40. The lowest BCUT2D eigenvalue weighted by molar-refractivity contribution is -0.117. The Morgan fingerprint density at radius 3 is 2.67 bits per heavy atom. The Bertz CT molecular complexity index is 687. The molecule has 0 aliphatic rings. The molecule has 0 aliphatic carbocycles. The second-order valence-corrected chi connectivity index (χ2v) is 6.16. The number of nitrogens with zero attached hydrogens (tertiary/aromatic N) is 3. The van der Waals surface area contributed by atoms with E-state index in [0.717, 1.165) is 17.8 Å². The SMILES string of the molecule is CCCNC(=O)NC(=O)CSc1nnc(Cc2ccccc2)n1C. The Balaban J connectivity index is 1.85. The first-order valence-corrected chi connectivity index (χ1v) is 8.71. The molecule has 0 fully saturated rings. The maximum Gasteiger partial charge on any atom is 0.321 e. The van der Waals surface area contributed by atoms with Crippen LogP contribution in [0.1, 0.15) is 24.7 Å². The van der Waals surface area contributed by atoms with Crippen molar-refractivity contribution in [3.63, 3.8) is 0 Å². The fourth-order valence-electron chi connectivity index (χ4n) is 1.98. The largest absolute Gasteiger partial charge is 0.338 e. The molecule has 2 rings (SSSR count). The highest BCUT2D eigenvalue weighted by Crippen LogP contribution is 2.17. The third-order valence-corrected chi connectivity index (χ3v) is 4.27. The number of thioether (sulfide) groups is 1. The van der Waals surface area contributed by atoms with Crippen molar-refractivity contribution < 1.29 is 9.59 Å². The number of benzene rings is 1. The summed E-state index contributed by atoms with van der Waals surface area (Å²) < 4.78 is 1.86. The van der Waals surface area contributed by atoms with Crippen molar-refractivity contribution in [2.75, 3.05) is 12.3 Å². The smallest absolute Gasteiger partial charge is 0.321 e. The predicted molar refractivity (Wildman–Crippen MR) is 92.8 cm³/mol. The molecular weight excluding hydrogens is 326 g/mol. The number of carbonyl (C=O) groups excluding carboxylic acids is 2. The van der Waals surface area contributed by atoms with Crippen molar-refractivity contribution in [1.29, 1.82) is 0 Å². The molecule has 0 bridgehead atoms. The van der Waals surface area contributed by atoms with Crippen LogP contribution < -0.4 is 10.6 Å². The molecule has 0 spiro atoms. The van der Waals surface area contributed by atoms with E-state index in [-0.39, 0.29) is 11.7 Å². The fourth-order valence-corrected chi connectivity index (χ4v) is 2.71. The van der Waals surface area contributed by atoms with Crippen molar-refractivity contribution in [2.24, 2.45) is 7.05 Å². The lowest BCUT2D eigenvalue weighted by Gasteiger charge is -2.06. The molecule has 0 radical (unpaired) electrons. The topological polar surface area (TPSA) is 88.9 Å². The Morgan fingerprint density at radius 2 is 1.96 bits per heavy atom. The quantitative estimate of drug-likeness (QED) is 0.745. The van der Waals surface area contributed by atoms with Gasteiger partial charge in [0.1, 0.15) is 5.82 Å². The summed E-state index contributed by atoms with van der Waals surface area (Å²) in [7, 11) is 1.87. The number of imide groups is 1. The Kier molecular flexibility index (Phi) is 6.80. The van der Waals surface area contributed by atoms with E-state index < -0.39 is 6.03 Å². The molecule has 2 aromatic rings. The second-order valence-electron chi connectivity index (χ2n) is 5.21. The van der Waals surface area contributed by atoms with Gasteiger partial charge in [-0.25, -0.2) is 4.79 Å². The monoisotopic (exact) mass is 347 g/mol. The molecule has 3 amide bonds. The van der Waals surface area contributed by atoms with Crippen LogP contribution in [0.3, 0.4) is 0 Å². The van der Waals surface area contributed by atoms with Gasteiger partial charge in [-0.15, -0.1) is 10.2 Å². The van der Waals surface area contributed by atoms with Crippen molar-refractivity contribution in [2.45, 2.75) is 24.9 Å². The molecule has 0 unspecified atom stereocenters. The minimum absolute atomic E-state index is 0.108. The van der Waals surface area contributed by atoms with Crippen LogP contribution in [0.25, 0.3) is 0 Å². The third kappa shape index (κ3) is 5.38. The van der Waals surface area contributed by atoms with Gasteiger partial charge in [-0.3, -0.25) is 10.1 Å². The van der Waals surface area contributed by atoms with Gasteiger partial charge in [0.2, 0.25) is 5.91 Å². The minimum Gasteiger partial charge on any atom is -0.338 e. The molecular formula is C16H21N5O2S. The number of aromatic nitrogens is 3. The molecule has 1 heterocycles. The zero-order valence-corrected chi connectivity index (χ0v) is 14.6. The van der Waals surface area contributed by atoms with Crippen molar-refractivity contribution in [3.05, 3.63) is 41.7 Å². The maximum absolute atomic E-state index is 11.7. The predicted octanol–water partition coefficient (Wildman–Crippen LogP) is 1.73. The second kappa shape index (κ2) is 9.07. The van der Waals surface area contributed by atoms with E-state index in [0.29, 0.717) is 18.1 Å².